The van der Waals surface area contributed by atoms with Crippen molar-refractivity contribution in [1.29, 1.82) is 0 Å². The van der Waals surface area contributed by atoms with Crippen LogP contribution in [0.1, 0.15) is 46.5 Å². The molecule has 0 aromatic heterocycles. The molecule has 2 rings (SSSR count). The zero-order chi connectivity index (χ0) is 10.2. The highest BCUT2D eigenvalue weighted by Crippen LogP contribution is 2.38. The van der Waals surface area contributed by atoms with Crippen molar-refractivity contribution in [1.82, 2.24) is 10.2 Å². The average Bonchev–Trinajstić information content (AvgIpc) is 2.14. The van der Waals surface area contributed by atoms with E-state index >= 15 is 0 Å². The first-order valence-corrected chi connectivity index (χ1v) is 6.08. The van der Waals surface area contributed by atoms with Gasteiger partial charge in [-0.3, -0.25) is 4.90 Å². The Balaban J connectivity index is 2.00. The molecule has 0 amide bonds. The minimum atomic E-state index is 0.358. The number of nitrogens with zero attached hydrogens (tertiary/aromatic N) is 1. The summed E-state index contributed by atoms with van der Waals surface area (Å²) in [4.78, 5) is 2.72. The summed E-state index contributed by atoms with van der Waals surface area (Å²) in [5, 5.41) is 3.65. The van der Waals surface area contributed by atoms with Crippen LogP contribution in [-0.4, -0.2) is 35.6 Å². The minimum Gasteiger partial charge on any atom is -0.309 e. The van der Waals surface area contributed by atoms with Crippen LogP contribution in [0.3, 0.4) is 0 Å². The van der Waals surface area contributed by atoms with E-state index < -0.39 is 0 Å². The second-order valence-electron chi connectivity index (χ2n) is 5.61. The van der Waals surface area contributed by atoms with E-state index in [1.54, 1.807) is 0 Å². The van der Waals surface area contributed by atoms with Gasteiger partial charge in [-0.05, 0) is 39.5 Å². The van der Waals surface area contributed by atoms with Gasteiger partial charge in [-0.2, -0.15) is 0 Å². The maximum absolute atomic E-state index is 3.65. The van der Waals surface area contributed by atoms with Crippen molar-refractivity contribution in [3.8, 4) is 0 Å². The van der Waals surface area contributed by atoms with Crippen LogP contribution in [0.4, 0.5) is 0 Å². The van der Waals surface area contributed by atoms with Crippen LogP contribution in [0.2, 0.25) is 0 Å². The minimum absolute atomic E-state index is 0.358. The van der Waals surface area contributed by atoms with E-state index in [1.165, 1.54) is 45.3 Å². The fraction of sp³-hybridized carbons (Fsp3) is 1.00. The van der Waals surface area contributed by atoms with Gasteiger partial charge in [0.25, 0.3) is 0 Å². The zero-order valence-electron chi connectivity index (χ0n) is 9.90. The number of nitrogens with one attached hydrogen (secondary N) is 1. The lowest BCUT2D eigenvalue weighted by Gasteiger charge is -2.53. The Hall–Kier alpha value is -0.0800. The average molecular weight is 196 g/mol. The second kappa shape index (κ2) is 3.49. The molecule has 2 fully saturated rings. The van der Waals surface area contributed by atoms with Crippen LogP contribution >= 0.6 is 0 Å². The Morgan fingerprint density at radius 2 is 2.00 bits per heavy atom. The molecule has 1 unspecified atom stereocenters. The van der Waals surface area contributed by atoms with Crippen molar-refractivity contribution >= 4 is 0 Å². The molecule has 1 saturated carbocycles. The predicted octanol–water partition coefficient (Wildman–Crippen LogP) is 2.00. The summed E-state index contributed by atoms with van der Waals surface area (Å²) in [7, 11) is 0. The van der Waals surface area contributed by atoms with Gasteiger partial charge in [-0.25, -0.2) is 0 Å². The largest absolute Gasteiger partial charge is 0.309 e. The molecule has 14 heavy (non-hydrogen) atoms. The van der Waals surface area contributed by atoms with Gasteiger partial charge in [0.15, 0.2) is 0 Å². The molecule has 0 spiro atoms. The van der Waals surface area contributed by atoms with Crippen molar-refractivity contribution in [2.45, 2.75) is 57.5 Å². The highest BCUT2D eigenvalue weighted by atomic mass is 15.3. The van der Waals surface area contributed by atoms with Gasteiger partial charge in [0.05, 0.1) is 0 Å². The summed E-state index contributed by atoms with van der Waals surface area (Å²) in [6.45, 7) is 10.7. The van der Waals surface area contributed by atoms with E-state index in [1.807, 2.05) is 0 Å². The van der Waals surface area contributed by atoms with Crippen LogP contribution < -0.4 is 5.32 Å². The first-order valence-electron chi connectivity index (χ1n) is 6.08. The smallest absolute Gasteiger partial charge is 0.0278 e. The predicted molar refractivity (Wildman–Crippen MR) is 60.5 cm³/mol. The summed E-state index contributed by atoms with van der Waals surface area (Å²) in [6.07, 6.45) is 5.49. The Bertz CT molecular complexity index is 208. The molecule has 1 saturated heterocycles. The molecule has 0 radical (unpaired) electrons. The molecular formula is C12H24N2. The topological polar surface area (TPSA) is 15.3 Å². The van der Waals surface area contributed by atoms with E-state index in [2.05, 4.69) is 31.0 Å². The summed E-state index contributed by atoms with van der Waals surface area (Å²) < 4.78 is 0. The fourth-order valence-electron chi connectivity index (χ4n) is 2.75. The van der Waals surface area contributed by atoms with Crippen molar-refractivity contribution in [3.63, 3.8) is 0 Å². The van der Waals surface area contributed by atoms with Gasteiger partial charge in [0.2, 0.25) is 0 Å². The lowest BCUT2D eigenvalue weighted by Crippen LogP contribution is -2.65. The van der Waals surface area contributed by atoms with Crippen molar-refractivity contribution in [2.75, 3.05) is 19.6 Å². The van der Waals surface area contributed by atoms with Crippen molar-refractivity contribution in [2.24, 2.45) is 0 Å². The molecule has 0 bridgehead atoms. The molecule has 82 valence electrons. The third kappa shape index (κ3) is 1.70. The van der Waals surface area contributed by atoms with E-state index in [4.69, 9.17) is 0 Å². The van der Waals surface area contributed by atoms with E-state index in [0.29, 0.717) is 11.1 Å². The molecular weight excluding hydrogens is 172 g/mol. The van der Waals surface area contributed by atoms with E-state index in [0.717, 1.165) is 0 Å². The van der Waals surface area contributed by atoms with Crippen molar-refractivity contribution in [3.05, 3.63) is 0 Å². The lowest BCUT2D eigenvalue weighted by atomic mass is 9.75. The first kappa shape index (κ1) is 10.4. The molecule has 0 aromatic carbocycles. The van der Waals surface area contributed by atoms with E-state index in [-0.39, 0.29) is 0 Å². The van der Waals surface area contributed by atoms with Crippen LogP contribution in [0.15, 0.2) is 0 Å². The highest BCUT2D eigenvalue weighted by molar-refractivity contribution is 5.00. The van der Waals surface area contributed by atoms with E-state index in [9.17, 15) is 0 Å². The quantitative estimate of drug-likeness (QED) is 0.727. The molecule has 1 aliphatic carbocycles. The highest BCUT2D eigenvalue weighted by Gasteiger charge is 2.42. The summed E-state index contributed by atoms with van der Waals surface area (Å²) in [5.74, 6) is 0. The van der Waals surface area contributed by atoms with Gasteiger partial charge < -0.3 is 5.32 Å². The fourth-order valence-corrected chi connectivity index (χ4v) is 2.75. The van der Waals surface area contributed by atoms with Gasteiger partial charge in [0, 0.05) is 30.7 Å². The monoisotopic (exact) mass is 196 g/mol. The molecule has 1 atom stereocenters. The first-order chi connectivity index (χ1) is 6.58. The summed E-state index contributed by atoms with van der Waals surface area (Å²) in [5.41, 5.74) is 0.898. The zero-order valence-corrected chi connectivity index (χ0v) is 9.90. The Kier molecular flexibility index (Phi) is 2.61. The second-order valence-corrected chi connectivity index (χ2v) is 5.61. The van der Waals surface area contributed by atoms with Crippen molar-refractivity contribution < 1.29 is 0 Å². The number of hydrogen-bond acceptors (Lipinski definition) is 2. The van der Waals surface area contributed by atoms with Crippen LogP contribution in [0, 0.1) is 0 Å². The molecule has 2 nitrogen and oxygen atoms in total. The number of piperazine rings is 1. The third-order valence-corrected chi connectivity index (χ3v) is 4.45. The summed E-state index contributed by atoms with van der Waals surface area (Å²) >= 11 is 0. The molecule has 2 heteroatoms. The molecule has 1 N–H and O–H groups in total. The molecule has 2 aliphatic rings. The normalized spacial score (nSPS) is 37.9. The number of rotatable bonds is 2. The van der Waals surface area contributed by atoms with Crippen LogP contribution in [-0.2, 0) is 0 Å². The number of hydrogen-bond donors (Lipinski definition) is 1. The van der Waals surface area contributed by atoms with Gasteiger partial charge in [-0.15, -0.1) is 0 Å². The molecule has 1 aliphatic heterocycles. The standard InChI is InChI=1S/C12H24N2/c1-4-11(2)10-14(9-8-13-11)12(3)6-5-7-12/h13H,4-10H2,1-3H3. The Morgan fingerprint density at radius 3 is 2.50 bits per heavy atom. The molecule has 1 heterocycles. The molecule has 0 aromatic rings. The Labute approximate surface area is 88.1 Å². The third-order valence-electron chi connectivity index (χ3n) is 4.45. The van der Waals surface area contributed by atoms with Crippen LogP contribution in [0.25, 0.3) is 0 Å². The van der Waals surface area contributed by atoms with Gasteiger partial charge in [-0.1, -0.05) is 6.92 Å². The lowest BCUT2D eigenvalue weighted by molar-refractivity contribution is -0.00949. The Morgan fingerprint density at radius 1 is 1.29 bits per heavy atom. The van der Waals surface area contributed by atoms with Gasteiger partial charge in [0.1, 0.15) is 0 Å². The van der Waals surface area contributed by atoms with Gasteiger partial charge >= 0.3 is 0 Å². The maximum Gasteiger partial charge on any atom is 0.0278 e. The SMILES string of the molecule is CCC1(C)CN(C2(C)CCC2)CCN1. The maximum atomic E-state index is 3.65. The van der Waals surface area contributed by atoms with Crippen LogP contribution in [0.5, 0.6) is 0 Å². The summed E-state index contributed by atoms with van der Waals surface area (Å²) in [6, 6.07) is 0.